The Morgan fingerprint density at radius 3 is 2.29 bits per heavy atom. The molecular weight excluding hydrogens is 280 g/mol. The second kappa shape index (κ2) is 6.60. The molecule has 0 radical (unpaired) electrons. The van der Waals surface area contributed by atoms with Crippen molar-refractivity contribution in [1.82, 2.24) is 5.48 Å². The zero-order valence-electron chi connectivity index (χ0n) is 11.9. The maximum Gasteiger partial charge on any atom is 0.539 e. The van der Waals surface area contributed by atoms with Crippen LogP contribution in [0.2, 0.25) is 0 Å². The summed E-state index contributed by atoms with van der Waals surface area (Å²) in [5.41, 5.74) is 1.36. The third-order valence-electron chi connectivity index (χ3n) is 1.94. The third-order valence-corrected chi connectivity index (χ3v) is 1.94. The molecule has 0 unspecified atom stereocenters. The fourth-order valence-corrected chi connectivity index (χ4v) is 1.18. The number of nitrogens with zero attached hydrogens (tertiary/aromatic N) is 1. The van der Waals surface area contributed by atoms with Crippen LogP contribution in [-0.4, -0.2) is 29.3 Å². The number of amides is 1. The average molecular weight is 296 g/mol. The normalized spacial score (nSPS) is 10.4. The molecule has 1 aromatic rings. The number of hydrogen-bond donors (Lipinski definition) is 1. The van der Waals surface area contributed by atoms with Gasteiger partial charge in [0, 0.05) is 12.1 Å². The van der Waals surface area contributed by atoms with Gasteiger partial charge in [-0.25, -0.2) is 9.59 Å². The SMILES string of the molecule is C=[N+]([O-])c1ccc(OC(=O)ONC(=O)OC(C)(C)C)cc1. The summed E-state index contributed by atoms with van der Waals surface area (Å²) in [6, 6.07) is 5.56. The fourth-order valence-electron chi connectivity index (χ4n) is 1.18. The van der Waals surface area contributed by atoms with E-state index >= 15 is 0 Å². The van der Waals surface area contributed by atoms with Crippen LogP contribution in [0, 0.1) is 5.21 Å². The first-order chi connectivity index (χ1) is 9.67. The molecule has 114 valence electrons. The van der Waals surface area contributed by atoms with Crippen LogP contribution in [0.3, 0.4) is 0 Å². The van der Waals surface area contributed by atoms with Gasteiger partial charge in [-0.3, -0.25) is 0 Å². The fraction of sp³-hybridized carbons (Fsp3) is 0.308. The summed E-state index contributed by atoms with van der Waals surface area (Å²) >= 11 is 0. The lowest BCUT2D eigenvalue weighted by molar-refractivity contribution is -0.349. The molecule has 0 saturated heterocycles. The zero-order valence-corrected chi connectivity index (χ0v) is 11.9. The van der Waals surface area contributed by atoms with Gasteiger partial charge in [-0.05, 0) is 32.9 Å². The van der Waals surface area contributed by atoms with E-state index in [9.17, 15) is 14.8 Å². The van der Waals surface area contributed by atoms with Gasteiger partial charge in [-0.2, -0.15) is 4.74 Å². The second-order valence-corrected chi connectivity index (χ2v) is 4.93. The van der Waals surface area contributed by atoms with Crippen molar-refractivity contribution in [3.63, 3.8) is 0 Å². The predicted octanol–water partition coefficient (Wildman–Crippen LogP) is 2.48. The van der Waals surface area contributed by atoms with Crippen molar-refractivity contribution in [2.45, 2.75) is 26.4 Å². The molecule has 21 heavy (non-hydrogen) atoms. The number of rotatable bonds is 2. The van der Waals surface area contributed by atoms with Gasteiger partial charge in [-0.1, -0.05) is 0 Å². The number of ether oxygens (including phenoxy) is 2. The molecule has 8 nitrogen and oxygen atoms in total. The van der Waals surface area contributed by atoms with Crippen molar-refractivity contribution in [1.29, 1.82) is 0 Å². The summed E-state index contributed by atoms with van der Waals surface area (Å²) in [4.78, 5) is 26.9. The molecule has 0 aliphatic heterocycles. The minimum Gasteiger partial charge on any atom is -0.619 e. The van der Waals surface area contributed by atoms with Crippen LogP contribution in [0.4, 0.5) is 15.3 Å². The molecular formula is C13H16N2O6. The van der Waals surface area contributed by atoms with E-state index in [4.69, 9.17) is 9.47 Å². The molecule has 0 atom stereocenters. The molecule has 0 saturated carbocycles. The molecule has 0 aromatic heterocycles. The lowest BCUT2D eigenvalue weighted by Crippen LogP contribution is -2.34. The van der Waals surface area contributed by atoms with Crippen molar-refractivity contribution in [2.75, 3.05) is 0 Å². The van der Waals surface area contributed by atoms with E-state index in [2.05, 4.69) is 11.6 Å². The largest absolute Gasteiger partial charge is 0.619 e. The number of benzene rings is 1. The van der Waals surface area contributed by atoms with Crippen molar-refractivity contribution in [3.8, 4) is 5.75 Å². The Bertz CT molecular complexity index is 533. The first-order valence-corrected chi connectivity index (χ1v) is 5.93. The Morgan fingerprint density at radius 1 is 1.24 bits per heavy atom. The van der Waals surface area contributed by atoms with Crippen LogP contribution in [0.15, 0.2) is 24.3 Å². The Hall–Kier alpha value is -2.77. The van der Waals surface area contributed by atoms with Crippen molar-refractivity contribution in [2.24, 2.45) is 0 Å². The lowest BCUT2D eigenvalue weighted by Gasteiger charge is -2.18. The van der Waals surface area contributed by atoms with Crippen LogP contribution in [0.1, 0.15) is 20.8 Å². The Labute approximate surface area is 121 Å². The highest BCUT2D eigenvalue weighted by Crippen LogP contribution is 2.17. The molecule has 8 heteroatoms. The summed E-state index contributed by atoms with van der Waals surface area (Å²) in [6.45, 7) is 8.14. The number of hydrogen-bond acceptors (Lipinski definition) is 6. The molecule has 0 heterocycles. The Morgan fingerprint density at radius 2 is 1.81 bits per heavy atom. The van der Waals surface area contributed by atoms with E-state index in [1.54, 1.807) is 26.3 Å². The van der Waals surface area contributed by atoms with Crippen molar-refractivity contribution in [3.05, 3.63) is 29.5 Å². The highest BCUT2D eigenvalue weighted by Gasteiger charge is 2.18. The monoisotopic (exact) mass is 296 g/mol. The summed E-state index contributed by atoms with van der Waals surface area (Å²) < 4.78 is 10.0. The maximum absolute atomic E-state index is 11.3. The summed E-state index contributed by atoms with van der Waals surface area (Å²) in [5, 5.41) is 10.9. The number of carbonyl (C=O) groups is 2. The molecule has 0 aliphatic rings. The zero-order chi connectivity index (χ0) is 16.0. The van der Waals surface area contributed by atoms with Crippen LogP contribution >= 0.6 is 0 Å². The molecule has 1 amide bonds. The lowest BCUT2D eigenvalue weighted by atomic mass is 10.2. The molecule has 0 fully saturated rings. The van der Waals surface area contributed by atoms with Gasteiger partial charge in [0.1, 0.15) is 18.1 Å². The first kappa shape index (κ1) is 16.3. The summed E-state index contributed by atoms with van der Waals surface area (Å²) in [6.07, 6.45) is -2.07. The van der Waals surface area contributed by atoms with E-state index in [1.807, 2.05) is 0 Å². The van der Waals surface area contributed by atoms with Crippen LogP contribution in [-0.2, 0) is 9.57 Å². The van der Waals surface area contributed by atoms with E-state index < -0.39 is 17.8 Å². The topological polar surface area (TPSA) is 99.9 Å². The van der Waals surface area contributed by atoms with E-state index in [0.29, 0.717) is 10.4 Å². The minimum absolute atomic E-state index is 0.136. The van der Waals surface area contributed by atoms with E-state index in [0.717, 1.165) is 0 Å². The van der Waals surface area contributed by atoms with Gasteiger partial charge < -0.3 is 19.5 Å². The summed E-state index contributed by atoms with van der Waals surface area (Å²) in [7, 11) is 0. The minimum atomic E-state index is -1.15. The third kappa shape index (κ3) is 6.28. The van der Waals surface area contributed by atoms with Crippen molar-refractivity contribution >= 4 is 24.7 Å². The van der Waals surface area contributed by atoms with E-state index in [-0.39, 0.29) is 5.75 Å². The molecule has 1 aromatic carbocycles. The Kier molecular flexibility index (Phi) is 5.12. The summed E-state index contributed by atoms with van der Waals surface area (Å²) in [5.74, 6) is 0.136. The van der Waals surface area contributed by atoms with Crippen LogP contribution < -0.4 is 10.2 Å². The molecule has 1 N–H and O–H groups in total. The maximum atomic E-state index is 11.3. The highest BCUT2D eigenvalue weighted by atomic mass is 16.8. The van der Waals surface area contributed by atoms with Gasteiger partial charge in [0.25, 0.3) is 0 Å². The molecule has 0 spiro atoms. The van der Waals surface area contributed by atoms with Crippen molar-refractivity contribution < 1.29 is 28.6 Å². The average Bonchev–Trinajstić information content (AvgIpc) is 2.35. The standard InChI is InChI=1S/C13H16N2O6/c1-13(2,3)20-11(16)14-21-12(17)19-10-7-5-9(6-8-10)15(4)18/h5-8H,4H2,1-3H3,(H,14,16). The molecule has 0 bridgehead atoms. The molecule has 0 aliphatic carbocycles. The van der Waals surface area contributed by atoms with E-state index in [1.165, 1.54) is 24.3 Å². The van der Waals surface area contributed by atoms with Gasteiger partial charge in [0.05, 0.1) is 0 Å². The number of nitrogens with one attached hydrogen (secondary N) is 1. The van der Waals surface area contributed by atoms with Gasteiger partial charge in [-0.15, -0.1) is 5.48 Å². The number of hydroxylamine groups is 1. The second-order valence-electron chi connectivity index (χ2n) is 4.93. The highest BCUT2D eigenvalue weighted by molar-refractivity contribution is 5.70. The Balaban J connectivity index is 2.43. The predicted molar refractivity (Wildman–Crippen MR) is 73.3 cm³/mol. The van der Waals surface area contributed by atoms with Gasteiger partial charge in [0.15, 0.2) is 0 Å². The van der Waals surface area contributed by atoms with Gasteiger partial charge in [0.2, 0.25) is 5.69 Å². The molecule has 1 rings (SSSR count). The smallest absolute Gasteiger partial charge is 0.539 e. The quantitative estimate of drug-likeness (QED) is 0.225. The van der Waals surface area contributed by atoms with Crippen LogP contribution in [0.5, 0.6) is 5.75 Å². The van der Waals surface area contributed by atoms with Crippen LogP contribution in [0.25, 0.3) is 0 Å². The van der Waals surface area contributed by atoms with Gasteiger partial charge >= 0.3 is 12.2 Å². The number of carbonyl (C=O) groups excluding carboxylic acids is 2. The first-order valence-electron chi connectivity index (χ1n) is 5.93.